The van der Waals surface area contributed by atoms with Gasteiger partial charge in [-0.1, -0.05) is 47.5 Å². The second kappa shape index (κ2) is 8.78. The van der Waals surface area contributed by atoms with Crippen LogP contribution in [0.5, 0.6) is 5.75 Å². The molecule has 0 fully saturated rings. The zero-order chi connectivity index (χ0) is 16.6. The van der Waals surface area contributed by atoms with Gasteiger partial charge in [-0.15, -0.1) is 6.42 Å². The van der Waals surface area contributed by atoms with Crippen LogP contribution in [0.3, 0.4) is 0 Å². The highest BCUT2D eigenvalue weighted by Gasteiger charge is 2.32. The van der Waals surface area contributed by atoms with Gasteiger partial charge in [0.1, 0.15) is 11.4 Å². The van der Waals surface area contributed by atoms with E-state index < -0.39 is 0 Å². The maximum absolute atomic E-state index is 6.14. The summed E-state index contributed by atoms with van der Waals surface area (Å²) in [5, 5.41) is 0. The molecule has 0 aromatic heterocycles. The molecular formula is C20H32O. The Bertz CT molecular complexity index is 477. The maximum Gasteiger partial charge on any atom is 0.126 e. The van der Waals surface area contributed by atoms with Crippen molar-refractivity contribution in [2.75, 3.05) is 0 Å². The van der Waals surface area contributed by atoms with Crippen molar-refractivity contribution in [3.05, 3.63) is 28.8 Å². The minimum atomic E-state index is -0.0754. The lowest BCUT2D eigenvalue weighted by molar-refractivity contribution is 0.0734. The van der Waals surface area contributed by atoms with Crippen LogP contribution in [0.1, 0.15) is 84.4 Å². The minimum absolute atomic E-state index is 0.0754. The van der Waals surface area contributed by atoms with Crippen LogP contribution in [0.15, 0.2) is 12.1 Å². The smallest absolute Gasteiger partial charge is 0.126 e. The van der Waals surface area contributed by atoms with E-state index in [1.807, 2.05) is 27.7 Å². The van der Waals surface area contributed by atoms with E-state index in [4.69, 9.17) is 11.2 Å². The van der Waals surface area contributed by atoms with Crippen molar-refractivity contribution in [3.8, 4) is 18.1 Å². The molecule has 2 rings (SSSR count). The van der Waals surface area contributed by atoms with Crippen LogP contribution in [0.2, 0.25) is 0 Å². The van der Waals surface area contributed by atoms with Crippen LogP contribution in [-0.2, 0) is 6.42 Å². The average molecular weight is 288 g/mol. The molecule has 1 nitrogen and oxygen atoms in total. The Morgan fingerprint density at radius 2 is 1.81 bits per heavy atom. The summed E-state index contributed by atoms with van der Waals surface area (Å²) in [7, 11) is 0. The molecular weight excluding hydrogens is 256 g/mol. The van der Waals surface area contributed by atoms with E-state index in [-0.39, 0.29) is 5.60 Å². The summed E-state index contributed by atoms with van der Waals surface area (Å²) in [5.41, 5.74) is 3.40. The van der Waals surface area contributed by atoms with E-state index in [2.05, 4.69) is 45.7 Å². The van der Waals surface area contributed by atoms with Crippen molar-refractivity contribution in [2.24, 2.45) is 0 Å². The van der Waals surface area contributed by atoms with Gasteiger partial charge in [-0.2, -0.15) is 0 Å². The monoisotopic (exact) mass is 288 g/mol. The Morgan fingerprint density at radius 1 is 1.24 bits per heavy atom. The maximum atomic E-state index is 6.14. The Labute approximate surface area is 132 Å². The van der Waals surface area contributed by atoms with E-state index >= 15 is 0 Å². The van der Waals surface area contributed by atoms with Gasteiger partial charge in [0, 0.05) is 5.56 Å². The number of fused-ring (bicyclic) bond motifs is 1. The molecule has 0 N–H and O–H groups in total. The normalized spacial score (nSPS) is 17.8. The highest BCUT2D eigenvalue weighted by molar-refractivity contribution is 5.52. The largest absolute Gasteiger partial charge is 0.487 e. The molecule has 1 heteroatoms. The van der Waals surface area contributed by atoms with Crippen molar-refractivity contribution >= 4 is 0 Å². The van der Waals surface area contributed by atoms with Gasteiger partial charge in [0.15, 0.2) is 0 Å². The summed E-state index contributed by atoms with van der Waals surface area (Å²) in [6.07, 6.45) is 7.51. The van der Waals surface area contributed by atoms with Gasteiger partial charge in [-0.05, 0) is 55.9 Å². The van der Waals surface area contributed by atoms with Gasteiger partial charge in [-0.25, -0.2) is 0 Å². The molecule has 0 saturated heterocycles. The van der Waals surface area contributed by atoms with Crippen LogP contribution in [0.4, 0.5) is 0 Å². The number of hydrogen-bond donors (Lipinski definition) is 0. The Kier molecular flexibility index (Phi) is 8.18. The number of ether oxygens (including phenoxy) is 1. The van der Waals surface area contributed by atoms with Crippen LogP contribution in [-0.4, -0.2) is 5.60 Å². The lowest BCUT2D eigenvalue weighted by Crippen LogP contribution is -2.34. The second-order valence-corrected chi connectivity index (χ2v) is 5.52. The van der Waals surface area contributed by atoms with Crippen molar-refractivity contribution < 1.29 is 4.74 Å². The summed E-state index contributed by atoms with van der Waals surface area (Å²) < 4.78 is 6.14. The molecule has 0 aliphatic carbocycles. The summed E-state index contributed by atoms with van der Waals surface area (Å²) in [5.74, 6) is 4.31. The molecule has 0 amide bonds. The first-order chi connectivity index (χ1) is 9.96. The van der Waals surface area contributed by atoms with Crippen molar-refractivity contribution in [3.63, 3.8) is 0 Å². The topological polar surface area (TPSA) is 9.23 Å². The van der Waals surface area contributed by atoms with Crippen molar-refractivity contribution in [1.29, 1.82) is 0 Å². The van der Waals surface area contributed by atoms with Crippen LogP contribution in [0, 0.1) is 12.3 Å². The second-order valence-electron chi connectivity index (χ2n) is 5.52. The van der Waals surface area contributed by atoms with Crippen molar-refractivity contribution in [2.45, 2.75) is 79.8 Å². The number of rotatable bonds is 1. The zero-order valence-corrected chi connectivity index (χ0v) is 15.1. The Morgan fingerprint density at radius 3 is 2.29 bits per heavy atom. The lowest BCUT2D eigenvalue weighted by atomic mass is 9.83. The number of benzene rings is 1. The molecule has 1 atom stereocenters. The Balaban J connectivity index is 0.000000921. The van der Waals surface area contributed by atoms with Crippen LogP contribution >= 0.6 is 0 Å². The third kappa shape index (κ3) is 4.81. The predicted molar refractivity (Wildman–Crippen MR) is 94.2 cm³/mol. The SMILES string of the molecule is C#Cc1cc(CC)c2c(c1)C(C)CC(C)(C)O2.CC.CC. The molecule has 118 valence electrons. The summed E-state index contributed by atoms with van der Waals surface area (Å²) in [4.78, 5) is 0. The van der Waals surface area contributed by atoms with Gasteiger partial charge in [0.25, 0.3) is 0 Å². The fraction of sp³-hybridized carbons (Fsp3) is 0.600. The molecule has 21 heavy (non-hydrogen) atoms. The standard InChI is InChI=1S/C16H20O.2C2H6/c1-6-12-8-13(7-2)15-14(9-12)11(3)10-16(4,5)17-15;2*1-2/h1,8-9,11H,7,10H2,2-5H3;2*1-2H3. The van der Waals surface area contributed by atoms with E-state index in [9.17, 15) is 0 Å². The molecule has 0 bridgehead atoms. The third-order valence-electron chi connectivity index (χ3n) is 3.45. The molecule has 1 aliphatic heterocycles. The van der Waals surface area contributed by atoms with E-state index in [0.717, 1.165) is 24.2 Å². The van der Waals surface area contributed by atoms with E-state index in [1.54, 1.807) is 0 Å². The summed E-state index contributed by atoms with van der Waals surface area (Å²) >= 11 is 0. The molecule has 0 radical (unpaired) electrons. The molecule has 1 aromatic rings. The quantitative estimate of drug-likeness (QED) is 0.580. The molecule has 1 unspecified atom stereocenters. The summed E-state index contributed by atoms with van der Waals surface area (Å²) in [6.45, 7) is 16.7. The van der Waals surface area contributed by atoms with E-state index in [0.29, 0.717) is 5.92 Å². The zero-order valence-electron chi connectivity index (χ0n) is 15.1. The molecule has 0 saturated carbocycles. The predicted octanol–water partition coefficient (Wildman–Crippen LogP) is 5.95. The Hall–Kier alpha value is -1.42. The number of terminal acetylenes is 1. The minimum Gasteiger partial charge on any atom is -0.487 e. The van der Waals surface area contributed by atoms with Gasteiger partial charge in [-0.3, -0.25) is 0 Å². The van der Waals surface area contributed by atoms with Gasteiger partial charge in [0.2, 0.25) is 0 Å². The summed E-state index contributed by atoms with van der Waals surface area (Å²) in [6, 6.07) is 4.18. The first-order valence-corrected chi connectivity index (χ1v) is 8.29. The molecule has 1 heterocycles. The average Bonchev–Trinajstić information content (AvgIpc) is 2.49. The third-order valence-corrected chi connectivity index (χ3v) is 3.45. The van der Waals surface area contributed by atoms with E-state index in [1.165, 1.54) is 11.1 Å². The highest BCUT2D eigenvalue weighted by Crippen LogP contribution is 2.43. The van der Waals surface area contributed by atoms with Crippen LogP contribution < -0.4 is 4.74 Å². The molecule has 0 spiro atoms. The highest BCUT2D eigenvalue weighted by atomic mass is 16.5. The van der Waals surface area contributed by atoms with Gasteiger partial charge in [0.05, 0.1) is 0 Å². The fourth-order valence-electron chi connectivity index (χ4n) is 2.72. The first-order valence-electron chi connectivity index (χ1n) is 8.29. The van der Waals surface area contributed by atoms with Gasteiger partial charge >= 0.3 is 0 Å². The molecule has 1 aliphatic rings. The number of hydrogen-bond acceptors (Lipinski definition) is 1. The fourth-order valence-corrected chi connectivity index (χ4v) is 2.72. The number of aryl methyl sites for hydroxylation is 1. The van der Waals surface area contributed by atoms with Crippen molar-refractivity contribution in [1.82, 2.24) is 0 Å². The first kappa shape index (κ1) is 19.6. The molecule has 1 aromatic carbocycles. The van der Waals surface area contributed by atoms with Gasteiger partial charge < -0.3 is 4.74 Å². The lowest BCUT2D eigenvalue weighted by Gasteiger charge is -2.37. The van der Waals surface area contributed by atoms with Crippen LogP contribution in [0.25, 0.3) is 0 Å².